The number of rotatable bonds is 12. The van der Waals surface area contributed by atoms with Crippen molar-refractivity contribution in [2.75, 3.05) is 77.3 Å². The largest absolute Gasteiger partial charge is 0.488 e. The van der Waals surface area contributed by atoms with Crippen molar-refractivity contribution >= 4 is 42.3 Å². The van der Waals surface area contributed by atoms with Gasteiger partial charge in [0.2, 0.25) is 0 Å². The summed E-state index contributed by atoms with van der Waals surface area (Å²) in [5, 5.41) is 49.1. The Kier molecular flexibility index (Phi) is 14.2. The summed E-state index contributed by atoms with van der Waals surface area (Å²) in [5.41, 5.74) is 2.45. The Morgan fingerprint density at radius 1 is 0.622 bits per heavy atom. The minimum Gasteiger partial charge on any atom is -0.480 e. The van der Waals surface area contributed by atoms with Crippen molar-refractivity contribution < 1.29 is 49.3 Å². The molecule has 1 amide bonds. The van der Waals surface area contributed by atoms with E-state index in [1.165, 1.54) is 12.1 Å². The molecule has 0 aromatic heterocycles. The lowest BCUT2D eigenvalue weighted by atomic mass is 9.80. The number of nitrogens with one attached hydrogen (secondary N) is 1. The van der Waals surface area contributed by atoms with E-state index in [0.29, 0.717) is 75.6 Å². The molecular weight excluding hydrogens is 589 g/mol. The second kappa shape index (κ2) is 18.0. The van der Waals surface area contributed by atoms with Gasteiger partial charge in [-0.05, 0) is 28.7 Å². The number of amides is 1. The van der Waals surface area contributed by atoms with Crippen LogP contribution in [0.1, 0.15) is 11.1 Å². The van der Waals surface area contributed by atoms with Crippen LogP contribution in [0, 0.1) is 0 Å². The molecule has 0 unspecified atom stereocenters. The molecule has 1 heterocycles. The summed E-state index contributed by atoms with van der Waals surface area (Å²) in [7, 11) is -1.57. The van der Waals surface area contributed by atoms with Crippen LogP contribution in [0.3, 0.4) is 0 Å². The van der Waals surface area contributed by atoms with E-state index in [0.717, 1.165) is 5.56 Å². The molecule has 16 heteroatoms. The van der Waals surface area contributed by atoms with Crippen LogP contribution in [-0.2, 0) is 32.3 Å². The first kappa shape index (κ1) is 35.4. The Bertz CT molecular complexity index is 1230. The number of ether oxygens (including phenoxy) is 1. The lowest BCUT2D eigenvalue weighted by Gasteiger charge is -2.33. The second-order valence-electron chi connectivity index (χ2n) is 10.8. The molecule has 0 aliphatic carbocycles. The van der Waals surface area contributed by atoms with E-state index in [1.54, 1.807) is 39.0 Å². The summed E-state index contributed by atoms with van der Waals surface area (Å²) < 4.78 is 5.24. The zero-order chi connectivity index (χ0) is 32.8. The van der Waals surface area contributed by atoms with Gasteiger partial charge in [-0.3, -0.25) is 39.3 Å². The lowest BCUT2D eigenvalue weighted by Crippen LogP contribution is -2.48. The molecule has 2 aromatic rings. The van der Waals surface area contributed by atoms with E-state index < -0.39 is 31.1 Å². The van der Waals surface area contributed by atoms with Gasteiger partial charge in [0.15, 0.2) is 0 Å². The maximum absolute atomic E-state index is 12.3. The Hall–Kier alpha value is -4.06. The molecule has 2 aromatic carbocycles. The molecule has 0 atom stereocenters. The Balaban J connectivity index is 1.61. The zero-order valence-electron chi connectivity index (χ0n) is 25.0. The van der Waals surface area contributed by atoms with Crippen molar-refractivity contribution in [2.45, 2.75) is 13.2 Å². The van der Waals surface area contributed by atoms with Crippen molar-refractivity contribution in [3.63, 3.8) is 0 Å². The van der Waals surface area contributed by atoms with Gasteiger partial charge in [-0.1, -0.05) is 36.4 Å². The van der Waals surface area contributed by atoms with Crippen molar-refractivity contribution in [1.82, 2.24) is 19.6 Å². The van der Waals surface area contributed by atoms with Gasteiger partial charge in [0.05, 0.1) is 19.6 Å². The van der Waals surface area contributed by atoms with Crippen LogP contribution in [0.4, 0.5) is 10.5 Å². The van der Waals surface area contributed by atoms with Gasteiger partial charge < -0.3 is 30.1 Å². The molecule has 0 bridgehead atoms. The highest BCUT2D eigenvalue weighted by Crippen LogP contribution is 2.13. The maximum Gasteiger partial charge on any atom is 0.488 e. The van der Waals surface area contributed by atoms with Crippen LogP contribution >= 0.6 is 0 Å². The number of carbonyl (C=O) groups is 4. The second-order valence-corrected chi connectivity index (χ2v) is 10.8. The highest BCUT2D eigenvalue weighted by atomic mass is 16.5. The topological polar surface area (TPSA) is 204 Å². The molecule has 15 nitrogen and oxygen atoms in total. The summed E-state index contributed by atoms with van der Waals surface area (Å²) in [6, 6.07) is 13.5. The average Bonchev–Trinajstić information content (AvgIpc) is 2.97. The fourth-order valence-corrected chi connectivity index (χ4v) is 4.83. The van der Waals surface area contributed by atoms with Crippen LogP contribution in [0.15, 0.2) is 48.5 Å². The third-order valence-electron chi connectivity index (χ3n) is 7.26. The van der Waals surface area contributed by atoms with Crippen LogP contribution in [0.5, 0.6) is 0 Å². The summed E-state index contributed by atoms with van der Waals surface area (Å²) in [5.74, 6) is -2.97. The summed E-state index contributed by atoms with van der Waals surface area (Å²) >= 11 is 0. The summed E-state index contributed by atoms with van der Waals surface area (Å²) in [6.45, 7) is 3.08. The van der Waals surface area contributed by atoms with Crippen LogP contribution < -0.4 is 10.8 Å². The summed E-state index contributed by atoms with van der Waals surface area (Å²) in [6.07, 6.45) is -0.656. The molecule has 0 saturated carbocycles. The number of benzene rings is 2. The number of aliphatic carboxylic acids is 3. The molecule has 1 saturated heterocycles. The van der Waals surface area contributed by atoms with E-state index in [9.17, 15) is 44.5 Å². The monoisotopic (exact) mass is 629 g/mol. The number of anilines is 1. The lowest BCUT2D eigenvalue weighted by molar-refractivity contribution is -0.140. The first-order valence-electron chi connectivity index (χ1n) is 14.5. The number of carboxylic acids is 3. The van der Waals surface area contributed by atoms with Gasteiger partial charge >= 0.3 is 31.1 Å². The van der Waals surface area contributed by atoms with Crippen LogP contribution in [0.2, 0.25) is 0 Å². The van der Waals surface area contributed by atoms with Gasteiger partial charge in [0, 0.05) is 64.6 Å². The zero-order valence-corrected chi connectivity index (χ0v) is 25.0. The molecular formula is C29H40BN5O10. The van der Waals surface area contributed by atoms with Crippen molar-refractivity contribution in [3.05, 3.63) is 59.7 Å². The fraction of sp³-hybridized carbons (Fsp3) is 0.448. The van der Waals surface area contributed by atoms with E-state index in [4.69, 9.17) is 4.74 Å². The minimum atomic E-state index is -1.57. The molecule has 45 heavy (non-hydrogen) atoms. The summed E-state index contributed by atoms with van der Waals surface area (Å²) in [4.78, 5) is 54.0. The predicted molar refractivity (Wildman–Crippen MR) is 164 cm³/mol. The molecule has 0 radical (unpaired) electrons. The van der Waals surface area contributed by atoms with Crippen LogP contribution in [-0.4, -0.2) is 148 Å². The van der Waals surface area contributed by atoms with Gasteiger partial charge in [-0.2, -0.15) is 0 Å². The van der Waals surface area contributed by atoms with Crippen molar-refractivity contribution in [2.24, 2.45) is 0 Å². The average molecular weight is 629 g/mol. The SMILES string of the molecule is O=C(O)CN1CCN(CC(=O)O)CCN(Cc2ccc(NC(=O)OCc3ccc(B(O)O)cc3)cc2)CCN(CC(=O)O)CC1. The Morgan fingerprint density at radius 3 is 1.42 bits per heavy atom. The van der Waals surface area contributed by atoms with Gasteiger partial charge in [0.25, 0.3) is 0 Å². The van der Waals surface area contributed by atoms with E-state index >= 15 is 0 Å². The first-order chi connectivity index (χ1) is 21.5. The van der Waals surface area contributed by atoms with Gasteiger partial charge in [0.1, 0.15) is 6.61 Å². The molecule has 6 N–H and O–H groups in total. The molecule has 1 aliphatic rings. The number of hydrogen-bond donors (Lipinski definition) is 6. The maximum atomic E-state index is 12.3. The Morgan fingerprint density at radius 2 is 1.02 bits per heavy atom. The van der Waals surface area contributed by atoms with Gasteiger partial charge in [-0.15, -0.1) is 0 Å². The molecule has 244 valence electrons. The third kappa shape index (κ3) is 13.6. The molecule has 1 aliphatic heterocycles. The quantitative estimate of drug-likeness (QED) is 0.158. The number of carbonyl (C=O) groups excluding carboxylic acids is 1. The van der Waals surface area contributed by atoms with E-state index in [2.05, 4.69) is 10.2 Å². The number of carboxylic acid groups (broad SMARTS) is 3. The number of nitrogens with zero attached hydrogens (tertiary/aromatic N) is 4. The smallest absolute Gasteiger partial charge is 0.480 e. The van der Waals surface area contributed by atoms with E-state index in [1.807, 2.05) is 12.1 Å². The highest BCUT2D eigenvalue weighted by molar-refractivity contribution is 6.58. The van der Waals surface area contributed by atoms with Crippen molar-refractivity contribution in [3.8, 4) is 0 Å². The third-order valence-corrected chi connectivity index (χ3v) is 7.26. The highest BCUT2D eigenvalue weighted by Gasteiger charge is 2.20. The normalized spacial score (nSPS) is 16.2. The predicted octanol–water partition coefficient (Wildman–Crippen LogP) is -0.909. The number of hydrogen-bond acceptors (Lipinski definition) is 11. The fourth-order valence-electron chi connectivity index (χ4n) is 4.83. The van der Waals surface area contributed by atoms with E-state index in [-0.39, 0.29) is 26.2 Å². The molecule has 3 rings (SSSR count). The van der Waals surface area contributed by atoms with Gasteiger partial charge in [-0.25, -0.2) is 4.79 Å². The first-order valence-corrected chi connectivity index (χ1v) is 14.5. The molecule has 0 spiro atoms. The Labute approximate surface area is 261 Å². The standard InChI is InChI=1S/C29H40BN5O10/c36-26(37)18-33-11-9-32(10-12-34(19-27(38)39)14-16-35(15-13-33)20-28(40)41)17-22-3-7-25(8-4-22)31-29(42)45-21-23-1-5-24(6-2-23)30(43)44/h1-8,43-44H,9-21H2,(H,31,42)(H,36,37)(H,38,39)(H,40,41). The van der Waals surface area contributed by atoms with Crippen molar-refractivity contribution in [1.29, 1.82) is 0 Å². The molecule has 1 fully saturated rings. The van der Waals surface area contributed by atoms with Crippen LogP contribution in [0.25, 0.3) is 0 Å². The minimum absolute atomic E-state index is 0.00391.